The Hall–Kier alpha value is -1.94. The molecule has 0 saturated heterocycles. The molecule has 0 fully saturated rings. The van der Waals surface area contributed by atoms with Crippen molar-refractivity contribution < 1.29 is 0 Å². The van der Waals surface area contributed by atoms with Crippen molar-refractivity contribution in [2.24, 2.45) is 5.84 Å². The van der Waals surface area contributed by atoms with Gasteiger partial charge in [-0.05, 0) is 49.4 Å². The lowest BCUT2D eigenvalue weighted by Crippen LogP contribution is -2.10. The van der Waals surface area contributed by atoms with Gasteiger partial charge in [0.25, 0.3) is 0 Å². The fourth-order valence-electron chi connectivity index (χ4n) is 2.52. The van der Waals surface area contributed by atoms with E-state index in [9.17, 15) is 0 Å². The summed E-state index contributed by atoms with van der Waals surface area (Å²) in [6.45, 7) is 2.11. The number of hydrogen-bond acceptors (Lipinski definition) is 4. The molecule has 92 valence electrons. The van der Waals surface area contributed by atoms with Crippen molar-refractivity contribution in [3.63, 3.8) is 0 Å². The predicted octanol–water partition coefficient (Wildman–Crippen LogP) is 2.23. The van der Waals surface area contributed by atoms with Crippen molar-refractivity contribution >= 4 is 5.82 Å². The minimum Gasteiger partial charge on any atom is -0.307 e. The summed E-state index contributed by atoms with van der Waals surface area (Å²) in [7, 11) is 0. The summed E-state index contributed by atoms with van der Waals surface area (Å²) in [6, 6.07) is 8.56. The fourth-order valence-corrected chi connectivity index (χ4v) is 2.52. The van der Waals surface area contributed by atoms with Crippen molar-refractivity contribution in [2.45, 2.75) is 26.2 Å². The zero-order valence-electron chi connectivity index (χ0n) is 10.4. The zero-order valence-corrected chi connectivity index (χ0v) is 10.4. The second-order valence-electron chi connectivity index (χ2n) is 4.76. The number of fused-ring (bicyclic) bond motifs is 3. The average molecular weight is 240 g/mol. The van der Waals surface area contributed by atoms with E-state index < -0.39 is 0 Å². The smallest absolute Gasteiger partial charge is 0.162 e. The van der Waals surface area contributed by atoms with E-state index in [1.165, 1.54) is 22.3 Å². The van der Waals surface area contributed by atoms with E-state index in [2.05, 4.69) is 40.7 Å². The summed E-state index contributed by atoms with van der Waals surface area (Å²) in [4.78, 5) is 0. The average Bonchev–Trinajstić information content (AvgIpc) is 2.57. The Morgan fingerprint density at radius 2 is 1.94 bits per heavy atom. The third-order valence-corrected chi connectivity index (χ3v) is 3.43. The normalized spacial score (nSPS) is 13.4. The van der Waals surface area contributed by atoms with Gasteiger partial charge in [-0.15, -0.1) is 10.2 Å². The predicted molar refractivity (Wildman–Crippen MR) is 72.0 cm³/mol. The molecular weight excluding hydrogens is 224 g/mol. The highest BCUT2D eigenvalue weighted by Crippen LogP contribution is 2.31. The molecule has 18 heavy (non-hydrogen) atoms. The molecule has 0 radical (unpaired) electrons. The maximum Gasteiger partial charge on any atom is 0.162 e. The number of nitrogens with zero attached hydrogens (tertiary/aromatic N) is 2. The molecule has 0 bridgehead atoms. The summed E-state index contributed by atoms with van der Waals surface area (Å²) in [5.74, 6) is 6.02. The number of hydrazine groups is 1. The van der Waals surface area contributed by atoms with E-state index >= 15 is 0 Å². The maximum absolute atomic E-state index is 5.39. The third kappa shape index (κ3) is 1.84. The fraction of sp³-hybridized carbons (Fsp3) is 0.286. The second kappa shape index (κ2) is 4.38. The van der Waals surface area contributed by atoms with Crippen molar-refractivity contribution in [1.82, 2.24) is 10.2 Å². The molecule has 0 saturated carbocycles. The molecule has 1 aliphatic rings. The van der Waals surface area contributed by atoms with Gasteiger partial charge in [0, 0.05) is 5.56 Å². The van der Waals surface area contributed by atoms with Crippen LogP contribution < -0.4 is 11.3 Å². The monoisotopic (exact) mass is 240 g/mol. The minimum absolute atomic E-state index is 0.629. The molecule has 4 nitrogen and oxygen atoms in total. The zero-order chi connectivity index (χ0) is 12.5. The van der Waals surface area contributed by atoms with Crippen LogP contribution in [0.3, 0.4) is 0 Å². The first-order valence-electron chi connectivity index (χ1n) is 6.21. The van der Waals surface area contributed by atoms with Gasteiger partial charge >= 0.3 is 0 Å². The number of nitrogens with two attached hydrogens (primary N) is 1. The number of aromatic nitrogens is 2. The van der Waals surface area contributed by atoms with Crippen LogP contribution in [0.1, 0.15) is 23.1 Å². The number of nitrogen functional groups attached to an aromatic ring is 1. The number of hydrogen-bond donors (Lipinski definition) is 2. The van der Waals surface area contributed by atoms with E-state index in [1.807, 2.05) is 6.07 Å². The molecule has 4 heteroatoms. The number of benzene rings is 1. The molecule has 0 unspecified atom stereocenters. The van der Waals surface area contributed by atoms with Gasteiger partial charge in [-0.1, -0.05) is 17.7 Å². The molecule has 1 heterocycles. The number of aryl methyl sites for hydroxylation is 3. The van der Waals surface area contributed by atoms with Crippen molar-refractivity contribution in [1.29, 1.82) is 0 Å². The van der Waals surface area contributed by atoms with Crippen LogP contribution in [-0.2, 0) is 12.8 Å². The van der Waals surface area contributed by atoms with E-state index in [-0.39, 0.29) is 0 Å². The van der Waals surface area contributed by atoms with Gasteiger partial charge in [-0.25, -0.2) is 5.84 Å². The highest BCUT2D eigenvalue weighted by Gasteiger charge is 2.16. The summed E-state index contributed by atoms with van der Waals surface area (Å²) in [5, 5.41) is 8.43. The first kappa shape index (κ1) is 11.2. The summed E-state index contributed by atoms with van der Waals surface area (Å²) >= 11 is 0. The van der Waals surface area contributed by atoms with Gasteiger partial charge in [-0.2, -0.15) is 0 Å². The third-order valence-electron chi connectivity index (χ3n) is 3.43. The first-order chi connectivity index (χ1) is 8.78. The Bertz CT molecular complexity index is 592. The number of nitrogens with one attached hydrogen (secondary N) is 1. The van der Waals surface area contributed by atoms with Crippen LogP contribution in [0.2, 0.25) is 0 Å². The van der Waals surface area contributed by atoms with Crippen molar-refractivity contribution in [3.05, 3.63) is 41.0 Å². The van der Waals surface area contributed by atoms with E-state index in [0.717, 1.165) is 25.0 Å². The van der Waals surface area contributed by atoms with Gasteiger partial charge in [0.05, 0.1) is 5.69 Å². The Morgan fingerprint density at radius 3 is 2.78 bits per heavy atom. The summed E-state index contributed by atoms with van der Waals surface area (Å²) in [6.07, 6.45) is 3.25. The van der Waals surface area contributed by atoms with Crippen LogP contribution in [0.5, 0.6) is 0 Å². The Morgan fingerprint density at radius 1 is 1.11 bits per heavy atom. The molecule has 2 aromatic rings. The summed E-state index contributed by atoms with van der Waals surface area (Å²) in [5.41, 5.74) is 8.63. The molecular formula is C14H16N4. The van der Waals surface area contributed by atoms with Crippen LogP contribution in [0, 0.1) is 6.92 Å². The molecule has 3 rings (SSSR count). The molecule has 1 aromatic carbocycles. The number of rotatable bonds is 1. The van der Waals surface area contributed by atoms with Crippen LogP contribution in [0.25, 0.3) is 11.3 Å². The Labute approximate surface area is 106 Å². The van der Waals surface area contributed by atoms with Crippen molar-refractivity contribution in [2.75, 3.05) is 5.43 Å². The Balaban J connectivity index is 2.20. The molecule has 0 aliphatic heterocycles. The first-order valence-corrected chi connectivity index (χ1v) is 6.21. The molecule has 0 spiro atoms. The van der Waals surface area contributed by atoms with Gasteiger partial charge in [-0.3, -0.25) is 0 Å². The van der Waals surface area contributed by atoms with Gasteiger partial charge in [0.2, 0.25) is 0 Å². The van der Waals surface area contributed by atoms with Crippen LogP contribution in [0.15, 0.2) is 24.3 Å². The molecule has 1 aromatic heterocycles. The lowest BCUT2D eigenvalue weighted by Gasteiger charge is -2.09. The van der Waals surface area contributed by atoms with Crippen molar-refractivity contribution in [3.8, 4) is 11.3 Å². The van der Waals surface area contributed by atoms with Crippen LogP contribution in [0.4, 0.5) is 5.82 Å². The molecule has 0 amide bonds. The van der Waals surface area contributed by atoms with Crippen LogP contribution in [-0.4, -0.2) is 10.2 Å². The highest BCUT2D eigenvalue weighted by molar-refractivity contribution is 5.69. The number of anilines is 1. The van der Waals surface area contributed by atoms with Gasteiger partial charge in [0.1, 0.15) is 0 Å². The topological polar surface area (TPSA) is 63.8 Å². The molecule has 3 N–H and O–H groups in total. The molecule has 0 atom stereocenters. The molecule has 1 aliphatic carbocycles. The van der Waals surface area contributed by atoms with Gasteiger partial charge in [0.15, 0.2) is 5.82 Å². The van der Waals surface area contributed by atoms with Gasteiger partial charge < -0.3 is 5.43 Å². The van der Waals surface area contributed by atoms with E-state index in [0.29, 0.717) is 5.82 Å². The van der Waals surface area contributed by atoms with E-state index in [4.69, 9.17) is 5.84 Å². The standard InChI is InChI=1S/C14H16N4/c1-9-5-6-10-3-2-4-11-8-13(16-15)17-18-14(11)12(10)7-9/h5-8H,2-4,15H2,1H3,(H,16,17). The second-order valence-corrected chi connectivity index (χ2v) is 4.76. The SMILES string of the molecule is Cc1ccc2c(c1)-c1nnc(NN)cc1CCC2. The summed E-state index contributed by atoms with van der Waals surface area (Å²) < 4.78 is 0. The minimum atomic E-state index is 0.629. The quantitative estimate of drug-likeness (QED) is 0.592. The largest absolute Gasteiger partial charge is 0.307 e. The maximum atomic E-state index is 5.39. The van der Waals surface area contributed by atoms with E-state index in [1.54, 1.807) is 0 Å². The van der Waals surface area contributed by atoms with Crippen LogP contribution >= 0.6 is 0 Å². The lowest BCUT2D eigenvalue weighted by atomic mass is 10.00. The lowest BCUT2D eigenvalue weighted by molar-refractivity contribution is 0.829. The Kier molecular flexibility index (Phi) is 2.72. The highest BCUT2D eigenvalue weighted by atomic mass is 15.3.